The van der Waals surface area contributed by atoms with Crippen LogP contribution in [0.15, 0.2) is 22.8 Å². The van der Waals surface area contributed by atoms with Gasteiger partial charge in [-0.05, 0) is 12.1 Å². The van der Waals surface area contributed by atoms with E-state index in [1.807, 2.05) is 31.7 Å². The maximum Gasteiger partial charge on any atom is 0.234 e. The Hall–Kier alpha value is -1.82. The van der Waals surface area contributed by atoms with Gasteiger partial charge in [0.05, 0.1) is 19.4 Å². The molecule has 1 aromatic rings. The number of piperazine rings is 1. The van der Waals surface area contributed by atoms with Gasteiger partial charge in [-0.3, -0.25) is 14.5 Å². The molecule has 6 heteroatoms. The van der Waals surface area contributed by atoms with E-state index in [4.69, 9.17) is 4.42 Å². The number of nitrogens with one attached hydrogen (secondary N) is 1. The summed E-state index contributed by atoms with van der Waals surface area (Å²) in [6.07, 6.45) is 1.59. The van der Waals surface area contributed by atoms with Crippen molar-refractivity contribution in [2.75, 3.05) is 32.7 Å². The topological polar surface area (TPSA) is 65.8 Å². The van der Waals surface area contributed by atoms with Crippen LogP contribution in [0.4, 0.5) is 0 Å². The minimum atomic E-state index is -0.345. The molecule has 2 amide bonds. The summed E-state index contributed by atoms with van der Waals surface area (Å²) in [5.74, 6) is 0.898. The van der Waals surface area contributed by atoms with Crippen LogP contribution in [0.25, 0.3) is 0 Å². The van der Waals surface area contributed by atoms with E-state index in [9.17, 15) is 9.59 Å². The average Bonchev–Trinajstić information content (AvgIpc) is 2.97. The van der Waals surface area contributed by atoms with Crippen molar-refractivity contribution in [3.8, 4) is 0 Å². The number of carbonyl (C=O) groups is 2. The van der Waals surface area contributed by atoms with Gasteiger partial charge in [0.25, 0.3) is 0 Å². The number of amides is 2. The molecule has 2 heterocycles. The van der Waals surface area contributed by atoms with E-state index in [1.165, 1.54) is 0 Å². The Kier molecular flexibility index (Phi) is 5.24. The van der Waals surface area contributed by atoms with Gasteiger partial charge in [0.2, 0.25) is 11.8 Å². The molecule has 1 aliphatic rings. The number of nitrogens with zero attached hydrogens (tertiary/aromatic N) is 2. The molecule has 0 atom stereocenters. The first kappa shape index (κ1) is 16.5. The number of rotatable bonds is 4. The lowest BCUT2D eigenvalue weighted by atomic mass is 9.94. The zero-order valence-corrected chi connectivity index (χ0v) is 13.6. The maximum absolute atomic E-state index is 12.2. The molecule has 22 heavy (non-hydrogen) atoms. The van der Waals surface area contributed by atoms with Gasteiger partial charge < -0.3 is 14.6 Å². The lowest BCUT2D eigenvalue weighted by Gasteiger charge is -2.37. The minimum Gasteiger partial charge on any atom is -0.467 e. The molecule has 2 rings (SSSR count). The molecule has 1 fully saturated rings. The predicted molar refractivity (Wildman–Crippen MR) is 83.0 cm³/mol. The zero-order valence-electron chi connectivity index (χ0n) is 13.6. The first-order valence-corrected chi connectivity index (χ1v) is 7.67. The molecule has 1 N–H and O–H groups in total. The first-order valence-electron chi connectivity index (χ1n) is 7.67. The number of carbonyl (C=O) groups excluding carboxylic acids is 2. The van der Waals surface area contributed by atoms with Gasteiger partial charge in [-0.2, -0.15) is 0 Å². The van der Waals surface area contributed by atoms with E-state index in [1.54, 1.807) is 12.3 Å². The third-order valence-corrected chi connectivity index (χ3v) is 3.71. The van der Waals surface area contributed by atoms with Crippen molar-refractivity contribution >= 4 is 11.8 Å². The van der Waals surface area contributed by atoms with Gasteiger partial charge in [0, 0.05) is 31.6 Å². The minimum absolute atomic E-state index is 0.0213. The van der Waals surface area contributed by atoms with Crippen molar-refractivity contribution in [2.45, 2.75) is 27.3 Å². The Morgan fingerprint density at radius 3 is 2.45 bits per heavy atom. The quantitative estimate of drug-likeness (QED) is 0.904. The molecule has 1 saturated heterocycles. The summed E-state index contributed by atoms with van der Waals surface area (Å²) in [4.78, 5) is 28.1. The van der Waals surface area contributed by atoms with Gasteiger partial charge in [-0.25, -0.2) is 0 Å². The summed E-state index contributed by atoms with van der Waals surface area (Å²) < 4.78 is 5.17. The normalized spacial score (nSPS) is 16.6. The van der Waals surface area contributed by atoms with Gasteiger partial charge in [0.1, 0.15) is 5.76 Å². The second-order valence-corrected chi connectivity index (χ2v) is 6.67. The fourth-order valence-corrected chi connectivity index (χ4v) is 2.44. The van der Waals surface area contributed by atoms with Crippen LogP contribution >= 0.6 is 0 Å². The molecule has 0 unspecified atom stereocenters. The van der Waals surface area contributed by atoms with Crippen LogP contribution in [0.5, 0.6) is 0 Å². The maximum atomic E-state index is 12.2. The lowest BCUT2D eigenvalue weighted by Crippen LogP contribution is -2.53. The molecule has 0 saturated carbocycles. The van der Waals surface area contributed by atoms with Crippen LogP contribution in [0.3, 0.4) is 0 Å². The predicted octanol–water partition coefficient (Wildman–Crippen LogP) is 1.09. The summed E-state index contributed by atoms with van der Waals surface area (Å²) in [6.45, 7) is 9.40. The standard InChI is InChI=1S/C16H25N3O3/c1-16(2,3)15(21)19-8-6-18(7-9-19)12-14(20)17-11-13-5-4-10-22-13/h4-5,10H,6-9,11-12H2,1-3H3,(H,17,20). The third-order valence-electron chi connectivity index (χ3n) is 3.71. The van der Waals surface area contributed by atoms with E-state index in [2.05, 4.69) is 10.2 Å². The molecule has 1 aromatic heterocycles. The molecule has 0 aromatic carbocycles. The first-order chi connectivity index (χ1) is 10.4. The summed E-state index contributed by atoms with van der Waals surface area (Å²) in [5, 5.41) is 2.84. The van der Waals surface area contributed by atoms with Crippen molar-refractivity contribution in [2.24, 2.45) is 5.41 Å². The largest absolute Gasteiger partial charge is 0.467 e. The summed E-state index contributed by atoms with van der Waals surface area (Å²) in [6, 6.07) is 3.63. The number of hydrogen-bond acceptors (Lipinski definition) is 4. The highest BCUT2D eigenvalue weighted by Gasteiger charge is 2.29. The number of hydrogen-bond donors (Lipinski definition) is 1. The van der Waals surface area contributed by atoms with Crippen LogP contribution < -0.4 is 5.32 Å². The monoisotopic (exact) mass is 307 g/mol. The van der Waals surface area contributed by atoms with Crippen LogP contribution in [0, 0.1) is 5.41 Å². The SMILES string of the molecule is CC(C)(C)C(=O)N1CCN(CC(=O)NCc2ccco2)CC1. The fraction of sp³-hybridized carbons (Fsp3) is 0.625. The second kappa shape index (κ2) is 6.96. The molecular formula is C16H25N3O3. The van der Waals surface area contributed by atoms with Crippen LogP contribution in [-0.4, -0.2) is 54.3 Å². The average molecular weight is 307 g/mol. The summed E-state index contributed by atoms with van der Waals surface area (Å²) in [7, 11) is 0. The fourth-order valence-electron chi connectivity index (χ4n) is 2.44. The molecule has 6 nitrogen and oxygen atoms in total. The van der Waals surface area contributed by atoms with E-state index in [0.29, 0.717) is 26.2 Å². The zero-order chi connectivity index (χ0) is 16.2. The van der Waals surface area contributed by atoms with Gasteiger partial charge >= 0.3 is 0 Å². The van der Waals surface area contributed by atoms with Gasteiger partial charge in [-0.15, -0.1) is 0 Å². The smallest absolute Gasteiger partial charge is 0.234 e. The van der Waals surface area contributed by atoms with E-state index < -0.39 is 0 Å². The molecule has 0 spiro atoms. The second-order valence-electron chi connectivity index (χ2n) is 6.67. The van der Waals surface area contributed by atoms with Crippen LogP contribution in [0.2, 0.25) is 0 Å². The van der Waals surface area contributed by atoms with Crippen molar-refractivity contribution in [3.63, 3.8) is 0 Å². The van der Waals surface area contributed by atoms with Crippen molar-refractivity contribution in [3.05, 3.63) is 24.2 Å². The molecule has 0 aliphatic carbocycles. The Labute approximate surface area is 131 Å². The van der Waals surface area contributed by atoms with Crippen LogP contribution in [-0.2, 0) is 16.1 Å². The Bertz CT molecular complexity index is 497. The Morgan fingerprint density at radius 1 is 1.23 bits per heavy atom. The highest BCUT2D eigenvalue weighted by Crippen LogP contribution is 2.18. The van der Waals surface area contributed by atoms with Crippen molar-refractivity contribution < 1.29 is 14.0 Å². The Morgan fingerprint density at radius 2 is 1.91 bits per heavy atom. The third kappa shape index (κ3) is 4.59. The number of furan rings is 1. The Balaban J connectivity index is 1.71. The van der Waals surface area contributed by atoms with E-state index >= 15 is 0 Å². The highest BCUT2D eigenvalue weighted by atomic mass is 16.3. The van der Waals surface area contributed by atoms with E-state index in [-0.39, 0.29) is 17.2 Å². The molecule has 1 aliphatic heterocycles. The molecule has 0 radical (unpaired) electrons. The highest BCUT2D eigenvalue weighted by molar-refractivity contribution is 5.81. The summed E-state index contributed by atoms with van der Waals surface area (Å²) in [5.41, 5.74) is -0.345. The molecular weight excluding hydrogens is 282 g/mol. The van der Waals surface area contributed by atoms with E-state index in [0.717, 1.165) is 18.8 Å². The molecule has 122 valence electrons. The summed E-state index contributed by atoms with van der Waals surface area (Å²) >= 11 is 0. The van der Waals surface area contributed by atoms with Gasteiger partial charge in [-0.1, -0.05) is 20.8 Å². The van der Waals surface area contributed by atoms with Crippen molar-refractivity contribution in [1.29, 1.82) is 0 Å². The molecule has 0 bridgehead atoms. The van der Waals surface area contributed by atoms with Crippen molar-refractivity contribution in [1.82, 2.24) is 15.1 Å². The van der Waals surface area contributed by atoms with Crippen LogP contribution in [0.1, 0.15) is 26.5 Å². The lowest BCUT2D eigenvalue weighted by molar-refractivity contribution is -0.141. The van der Waals surface area contributed by atoms with Gasteiger partial charge in [0.15, 0.2) is 0 Å².